The van der Waals surface area contributed by atoms with Crippen molar-refractivity contribution < 1.29 is 22.6 Å². The van der Waals surface area contributed by atoms with Crippen LogP contribution in [0.25, 0.3) is 0 Å². The zero-order chi connectivity index (χ0) is 26.0. The van der Waals surface area contributed by atoms with E-state index in [9.17, 15) is 8.42 Å². The predicted octanol–water partition coefficient (Wildman–Crippen LogP) is 3.36. The Kier molecular flexibility index (Phi) is 10.2. The number of hydrogen-bond donors (Lipinski definition) is 1. The van der Waals surface area contributed by atoms with Crippen molar-refractivity contribution in [1.82, 2.24) is 14.5 Å². The lowest BCUT2D eigenvalue weighted by molar-refractivity contribution is 0.171. The number of aromatic nitrogens is 2. The molecule has 0 amide bonds. The molecule has 0 aliphatic rings. The zero-order valence-corrected chi connectivity index (χ0v) is 22.3. The van der Waals surface area contributed by atoms with Gasteiger partial charge in [-0.15, -0.1) is 0 Å². The molecule has 11 heteroatoms. The van der Waals surface area contributed by atoms with E-state index in [0.717, 1.165) is 11.4 Å². The normalized spacial score (nSPS) is 11.3. The molecule has 1 N–H and O–H groups in total. The van der Waals surface area contributed by atoms with Gasteiger partial charge in [0.2, 0.25) is 15.0 Å². The van der Waals surface area contributed by atoms with E-state index < -0.39 is 9.84 Å². The van der Waals surface area contributed by atoms with Gasteiger partial charge in [0.1, 0.15) is 5.75 Å². The number of rotatable bonds is 13. The van der Waals surface area contributed by atoms with Gasteiger partial charge in [-0.25, -0.2) is 13.4 Å². The fraction of sp³-hybridized carbons (Fsp3) is 0.360. The highest BCUT2D eigenvalue weighted by Gasteiger charge is 2.25. The van der Waals surface area contributed by atoms with Crippen LogP contribution >= 0.6 is 12.2 Å². The maximum atomic E-state index is 13.3. The third kappa shape index (κ3) is 7.50. The molecule has 2 aromatic carbocycles. The molecule has 0 aliphatic heterocycles. The highest BCUT2D eigenvalue weighted by Crippen LogP contribution is 2.20. The van der Waals surface area contributed by atoms with Gasteiger partial charge in [0.15, 0.2) is 5.11 Å². The van der Waals surface area contributed by atoms with Crippen molar-refractivity contribution in [3.8, 4) is 5.75 Å². The van der Waals surface area contributed by atoms with Crippen LogP contribution in [0, 0.1) is 0 Å². The second-order valence-electron chi connectivity index (χ2n) is 7.99. The van der Waals surface area contributed by atoms with Crippen LogP contribution in [0.4, 0.5) is 5.69 Å². The molecule has 3 rings (SSSR count). The topological polar surface area (TPSA) is 94.9 Å². The maximum Gasteiger partial charge on any atom is 0.228 e. The first kappa shape index (κ1) is 27.6. The van der Waals surface area contributed by atoms with Gasteiger partial charge in [-0.05, 0) is 42.0 Å². The van der Waals surface area contributed by atoms with Crippen LogP contribution < -0.4 is 10.1 Å². The van der Waals surface area contributed by atoms with Gasteiger partial charge in [0, 0.05) is 33.0 Å². The number of sulfone groups is 1. The van der Waals surface area contributed by atoms with Crippen molar-refractivity contribution in [1.29, 1.82) is 0 Å². The summed E-state index contributed by atoms with van der Waals surface area (Å²) in [5.41, 5.74) is 2.21. The molecular weight excluding hydrogens is 500 g/mol. The van der Waals surface area contributed by atoms with Crippen LogP contribution in [-0.4, -0.2) is 69.1 Å². The zero-order valence-electron chi connectivity index (χ0n) is 20.7. The van der Waals surface area contributed by atoms with E-state index in [1.165, 1.54) is 0 Å². The van der Waals surface area contributed by atoms with Crippen LogP contribution in [0.5, 0.6) is 5.75 Å². The fourth-order valence-corrected chi connectivity index (χ4v) is 5.36. The molecule has 194 valence electrons. The van der Waals surface area contributed by atoms with E-state index >= 15 is 0 Å². The molecule has 0 saturated carbocycles. The number of thiocarbonyl (C=S) groups is 1. The standard InChI is InChI=1S/C25H32N4O5S2/c1-32-15-13-28(24(35)27-21-9-11-23(34-3)12-10-21)18-22-17-26-25(29(22)14-16-33-2)36(30,31)19-20-7-5-4-6-8-20/h4-12,17H,13-16,18-19H2,1-3H3,(H,27,35). The Bertz CT molecular complexity index is 1220. The summed E-state index contributed by atoms with van der Waals surface area (Å²) in [6, 6.07) is 16.5. The number of anilines is 1. The summed E-state index contributed by atoms with van der Waals surface area (Å²) < 4.78 is 44.0. The Balaban J connectivity index is 1.85. The molecule has 0 aliphatic carbocycles. The lowest BCUT2D eigenvalue weighted by atomic mass is 10.2. The summed E-state index contributed by atoms with van der Waals surface area (Å²) in [4.78, 5) is 6.23. The molecule has 0 saturated heterocycles. The smallest absolute Gasteiger partial charge is 0.228 e. The van der Waals surface area contributed by atoms with Gasteiger partial charge in [-0.2, -0.15) is 0 Å². The van der Waals surface area contributed by atoms with Crippen molar-refractivity contribution in [3.05, 3.63) is 72.1 Å². The largest absolute Gasteiger partial charge is 0.497 e. The third-order valence-corrected chi connectivity index (χ3v) is 7.40. The van der Waals surface area contributed by atoms with E-state index in [1.807, 2.05) is 47.4 Å². The lowest BCUT2D eigenvalue weighted by Crippen LogP contribution is -2.37. The molecule has 0 unspecified atom stereocenters. The van der Waals surface area contributed by atoms with Crippen molar-refractivity contribution in [2.45, 2.75) is 24.0 Å². The minimum atomic E-state index is -3.69. The van der Waals surface area contributed by atoms with Crippen molar-refractivity contribution in [2.24, 2.45) is 0 Å². The Morgan fingerprint density at radius 3 is 2.36 bits per heavy atom. The SMILES string of the molecule is COCCN(Cc1cnc(S(=O)(=O)Cc2ccccc2)n1CCOC)C(=S)Nc1ccc(OC)cc1. The number of benzene rings is 2. The second kappa shape index (κ2) is 13.4. The Labute approximate surface area is 217 Å². The number of nitrogens with zero attached hydrogens (tertiary/aromatic N) is 3. The number of ether oxygens (including phenoxy) is 3. The third-order valence-electron chi connectivity index (χ3n) is 5.45. The van der Waals surface area contributed by atoms with Crippen molar-refractivity contribution in [3.63, 3.8) is 0 Å². The fourth-order valence-electron chi connectivity index (χ4n) is 3.57. The first-order chi connectivity index (χ1) is 17.4. The predicted molar refractivity (Wildman–Crippen MR) is 143 cm³/mol. The lowest BCUT2D eigenvalue weighted by Gasteiger charge is -2.26. The van der Waals surface area contributed by atoms with E-state index in [-0.39, 0.29) is 10.9 Å². The van der Waals surface area contributed by atoms with E-state index in [1.54, 1.807) is 44.2 Å². The minimum absolute atomic E-state index is 0.0131. The minimum Gasteiger partial charge on any atom is -0.497 e. The molecule has 0 fully saturated rings. The molecule has 9 nitrogen and oxygen atoms in total. The van der Waals surface area contributed by atoms with Crippen molar-refractivity contribution >= 4 is 32.9 Å². The molecule has 0 spiro atoms. The maximum absolute atomic E-state index is 13.3. The van der Waals surface area contributed by atoms with Gasteiger partial charge in [-0.1, -0.05) is 30.3 Å². The summed E-state index contributed by atoms with van der Waals surface area (Å²) >= 11 is 5.68. The van der Waals surface area contributed by atoms with Gasteiger partial charge in [-0.3, -0.25) is 0 Å². The molecule has 36 heavy (non-hydrogen) atoms. The summed E-state index contributed by atoms with van der Waals surface area (Å²) in [6.07, 6.45) is 1.59. The van der Waals surface area contributed by atoms with E-state index in [0.29, 0.717) is 49.2 Å². The Morgan fingerprint density at radius 1 is 1.03 bits per heavy atom. The number of imidazole rings is 1. The highest BCUT2D eigenvalue weighted by molar-refractivity contribution is 7.90. The molecule has 0 atom stereocenters. The van der Waals surface area contributed by atoms with Crippen LogP contribution in [-0.2, 0) is 38.2 Å². The average molecular weight is 533 g/mol. The average Bonchev–Trinajstić information content (AvgIpc) is 3.29. The van der Waals surface area contributed by atoms with Gasteiger partial charge < -0.3 is 29.0 Å². The molecule has 1 aromatic heterocycles. The quantitative estimate of drug-likeness (QED) is 0.333. The monoisotopic (exact) mass is 532 g/mol. The first-order valence-electron chi connectivity index (χ1n) is 11.4. The molecule has 0 radical (unpaired) electrons. The van der Waals surface area contributed by atoms with Gasteiger partial charge in [0.05, 0.1) is 44.5 Å². The summed E-state index contributed by atoms with van der Waals surface area (Å²) in [6.45, 7) is 1.95. The Hall–Kier alpha value is -2.99. The summed E-state index contributed by atoms with van der Waals surface area (Å²) in [5, 5.41) is 3.72. The number of hydrogen-bond acceptors (Lipinski definition) is 7. The van der Waals surface area contributed by atoms with Crippen LogP contribution in [0.1, 0.15) is 11.3 Å². The van der Waals surface area contributed by atoms with Gasteiger partial charge in [0.25, 0.3) is 0 Å². The van der Waals surface area contributed by atoms with Crippen LogP contribution in [0.2, 0.25) is 0 Å². The van der Waals surface area contributed by atoms with Crippen LogP contribution in [0.15, 0.2) is 66.0 Å². The highest BCUT2D eigenvalue weighted by atomic mass is 32.2. The van der Waals surface area contributed by atoms with Crippen molar-refractivity contribution in [2.75, 3.05) is 46.4 Å². The number of nitrogens with one attached hydrogen (secondary N) is 1. The molecule has 3 aromatic rings. The van der Waals surface area contributed by atoms with Crippen LogP contribution in [0.3, 0.4) is 0 Å². The summed E-state index contributed by atoms with van der Waals surface area (Å²) in [7, 11) is 1.12. The molecule has 1 heterocycles. The van der Waals surface area contributed by atoms with E-state index in [2.05, 4.69) is 10.3 Å². The van der Waals surface area contributed by atoms with E-state index in [4.69, 9.17) is 26.4 Å². The number of methoxy groups -OCH3 is 3. The second-order valence-corrected chi connectivity index (χ2v) is 10.3. The molecular formula is C25H32N4O5S2. The Morgan fingerprint density at radius 2 is 1.72 bits per heavy atom. The van der Waals surface area contributed by atoms with Gasteiger partial charge >= 0.3 is 0 Å². The molecule has 0 bridgehead atoms. The summed E-state index contributed by atoms with van der Waals surface area (Å²) in [5.74, 6) is 0.608. The first-order valence-corrected chi connectivity index (χ1v) is 13.4.